The molecule has 4 amide bonds. The van der Waals surface area contributed by atoms with Crippen molar-refractivity contribution in [3.8, 4) is 11.8 Å². The van der Waals surface area contributed by atoms with Crippen LogP contribution in [0.3, 0.4) is 0 Å². The molecule has 3 fully saturated rings. The van der Waals surface area contributed by atoms with Gasteiger partial charge in [-0.3, -0.25) is 19.2 Å². The molecule has 2 aliphatic heterocycles. The summed E-state index contributed by atoms with van der Waals surface area (Å²) in [5, 5.41) is 14.5. The number of hydrogen-bond donors (Lipinski definition) is 2. The summed E-state index contributed by atoms with van der Waals surface area (Å²) >= 11 is 0. The lowest BCUT2D eigenvalue weighted by molar-refractivity contribution is -0.175. The first-order valence-corrected chi connectivity index (χ1v) is 13.3. The van der Waals surface area contributed by atoms with E-state index in [0.29, 0.717) is 17.4 Å². The van der Waals surface area contributed by atoms with Crippen LogP contribution >= 0.6 is 0 Å². The average Bonchev–Trinajstić information content (AvgIpc) is 3.84. The number of likely N-dealkylation sites (N-methyl/N-ethyl adjacent to an activating group) is 1. The van der Waals surface area contributed by atoms with Crippen LogP contribution in [-0.4, -0.2) is 76.9 Å². The number of halogens is 3. The summed E-state index contributed by atoms with van der Waals surface area (Å²) < 4.78 is 44.5. The van der Waals surface area contributed by atoms with Gasteiger partial charge in [0.2, 0.25) is 17.4 Å². The molecule has 5 rings (SSSR count). The highest BCUT2D eigenvalue weighted by molar-refractivity contribution is 6.02. The van der Waals surface area contributed by atoms with Crippen LogP contribution in [0.15, 0.2) is 18.2 Å². The number of alkyl halides is 3. The van der Waals surface area contributed by atoms with Crippen LogP contribution in [0.25, 0.3) is 0 Å². The molecular formula is C27H30F3N5O5. The lowest BCUT2D eigenvalue weighted by atomic mass is 9.95. The van der Waals surface area contributed by atoms with E-state index in [1.807, 2.05) is 12.1 Å². The number of nitrogens with one attached hydrogen (secondary N) is 2. The third-order valence-electron chi connectivity index (χ3n) is 8.11. The van der Waals surface area contributed by atoms with Crippen LogP contribution in [0.5, 0.6) is 5.75 Å². The van der Waals surface area contributed by atoms with Crippen molar-refractivity contribution in [1.82, 2.24) is 15.1 Å². The second-order valence-electron chi connectivity index (χ2n) is 11.2. The SMILES string of the molecule is CC(NC(=O)C(F)(F)F)C(=O)N(C)C(CC1CC1)C(=O)N1CC2(CC1C#N)Oc1c(cccc1C1CC1)NC2=O. The average molecular weight is 562 g/mol. The number of carbonyl (C=O) groups excluding carboxylic acids is 4. The smallest absolute Gasteiger partial charge is 0.471 e. The van der Waals surface area contributed by atoms with Crippen molar-refractivity contribution in [2.45, 2.75) is 81.3 Å². The molecular weight excluding hydrogens is 531 g/mol. The highest BCUT2D eigenvalue weighted by Crippen LogP contribution is 2.50. The zero-order valence-electron chi connectivity index (χ0n) is 22.1. The minimum Gasteiger partial charge on any atom is -0.473 e. The Kier molecular flexibility index (Phi) is 6.92. The van der Waals surface area contributed by atoms with Gasteiger partial charge in [-0.15, -0.1) is 0 Å². The maximum absolute atomic E-state index is 13.9. The normalized spacial score (nSPS) is 25.2. The number of anilines is 1. The number of fused-ring (bicyclic) bond motifs is 1. The number of nitriles is 1. The Morgan fingerprint density at radius 1 is 1.27 bits per heavy atom. The van der Waals surface area contributed by atoms with Gasteiger partial charge in [0.15, 0.2) is 0 Å². The second kappa shape index (κ2) is 9.98. The van der Waals surface area contributed by atoms with Gasteiger partial charge in [-0.25, -0.2) is 0 Å². The summed E-state index contributed by atoms with van der Waals surface area (Å²) in [6.45, 7) is 0.886. The Balaban J connectivity index is 1.37. The Morgan fingerprint density at radius 3 is 2.58 bits per heavy atom. The van der Waals surface area contributed by atoms with Crippen molar-refractivity contribution in [1.29, 1.82) is 5.26 Å². The molecule has 2 aliphatic carbocycles. The third-order valence-corrected chi connectivity index (χ3v) is 8.11. The van der Waals surface area contributed by atoms with Crippen LogP contribution in [0.1, 0.15) is 56.9 Å². The highest BCUT2D eigenvalue weighted by atomic mass is 19.4. The molecule has 13 heteroatoms. The molecule has 2 N–H and O–H groups in total. The third kappa shape index (κ3) is 5.19. The molecule has 40 heavy (non-hydrogen) atoms. The molecule has 4 atom stereocenters. The van der Waals surface area contributed by atoms with E-state index in [0.717, 1.165) is 43.1 Å². The van der Waals surface area contributed by atoms with E-state index in [-0.39, 0.29) is 25.3 Å². The summed E-state index contributed by atoms with van der Waals surface area (Å²) in [6, 6.07) is 3.91. The summed E-state index contributed by atoms with van der Waals surface area (Å²) in [5.41, 5.74) is -0.0125. The molecule has 0 aromatic heterocycles. The first kappa shape index (κ1) is 27.7. The fraction of sp³-hybridized carbons (Fsp3) is 0.593. The van der Waals surface area contributed by atoms with Crippen molar-refractivity contribution in [2.75, 3.05) is 18.9 Å². The molecule has 2 heterocycles. The quantitative estimate of drug-likeness (QED) is 0.526. The number of likely N-dealkylation sites (tertiary alicyclic amines) is 1. The number of amides is 4. The molecule has 0 radical (unpaired) electrons. The van der Waals surface area contributed by atoms with Crippen LogP contribution < -0.4 is 15.4 Å². The number of rotatable bonds is 7. The number of benzene rings is 1. The molecule has 4 aliphatic rings. The van der Waals surface area contributed by atoms with Crippen molar-refractivity contribution in [2.24, 2.45) is 5.92 Å². The topological polar surface area (TPSA) is 132 Å². The van der Waals surface area contributed by atoms with Crippen molar-refractivity contribution in [3.63, 3.8) is 0 Å². The lowest BCUT2D eigenvalue weighted by Gasteiger charge is -2.36. The number of nitrogens with zero attached hydrogens (tertiary/aromatic N) is 3. The number of carbonyl (C=O) groups is 4. The first-order valence-electron chi connectivity index (χ1n) is 13.3. The summed E-state index contributed by atoms with van der Waals surface area (Å²) in [6.07, 6.45) is -1.36. The number of ether oxygens (including phenoxy) is 1. The standard InChI is InChI=1S/C27H30F3N5O5/c1-14(32-25(39)27(28,29)30)22(36)34(2)20(10-15-6-7-15)23(37)35-13-26(11-17(35)12-31)24(38)33-19-5-3-4-18(16-8-9-16)21(19)40-26/h3-5,14-17,20H,6-11,13H2,1-2H3,(H,32,39)(H,33,38). The van der Waals surface area contributed by atoms with E-state index in [9.17, 15) is 37.6 Å². The minimum absolute atomic E-state index is 0.0780. The van der Waals surface area contributed by atoms with Gasteiger partial charge in [0.05, 0.1) is 18.3 Å². The molecule has 214 valence electrons. The van der Waals surface area contributed by atoms with Crippen molar-refractivity contribution in [3.05, 3.63) is 23.8 Å². The molecule has 2 saturated carbocycles. The van der Waals surface area contributed by atoms with E-state index in [2.05, 4.69) is 11.4 Å². The van der Waals surface area contributed by atoms with Gasteiger partial charge in [-0.2, -0.15) is 18.4 Å². The molecule has 1 saturated heterocycles. The van der Waals surface area contributed by atoms with E-state index >= 15 is 0 Å². The number of hydrogen-bond acceptors (Lipinski definition) is 6. The van der Waals surface area contributed by atoms with Gasteiger partial charge in [0.1, 0.15) is 23.9 Å². The Morgan fingerprint density at radius 2 is 1.98 bits per heavy atom. The maximum atomic E-state index is 13.9. The van der Waals surface area contributed by atoms with E-state index in [4.69, 9.17) is 4.74 Å². The van der Waals surface area contributed by atoms with E-state index in [1.54, 1.807) is 11.4 Å². The first-order chi connectivity index (χ1) is 18.8. The predicted octanol–water partition coefficient (Wildman–Crippen LogP) is 2.45. The van der Waals surface area contributed by atoms with Gasteiger partial charge >= 0.3 is 12.1 Å². The molecule has 0 bridgehead atoms. The fourth-order valence-electron chi connectivity index (χ4n) is 5.50. The molecule has 10 nitrogen and oxygen atoms in total. The van der Waals surface area contributed by atoms with Crippen LogP contribution in [0.2, 0.25) is 0 Å². The largest absolute Gasteiger partial charge is 0.473 e. The highest BCUT2D eigenvalue weighted by Gasteiger charge is 2.57. The Bertz CT molecular complexity index is 1290. The van der Waals surface area contributed by atoms with Gasteiger partial charge in [0.25, 0.3) is 5.91 Å². The van der Waals surface area contributed by atoms with Crippen molar-refractivity contribution >= 4 is 29.3 Å². The van der Waals surface area contributed by atoms with Crippen molar-refractivity contribution < 1.29 is 37.1 Å². The fourth-order valence-corrected chi connectivity index (χ4v) is 5.50. The van der Waals surface area contributed by atoms with Crippen LogP contribution in [-0.2, 0) is 19.2 Å². The molecule has 1 aromatic carbocycles. The van der Waals surface area contributed by atoms with E-state index in [1.165, 1.54) is 11.9 Å². The lowest BCUT2D eigenvalue weighted by Crippen LogP contribution is -2.57. The monoisotopic (exact) mass is 561 g/mol. The molecule has 1 spiro atoms. The van der Waals surface area contributed by atoms with Gasteiger partial charge in [-0.05, 0) is 49.7 Å². The zero-order chi connectivity index (χ0) is 29.0. The van der Waals surface area contributed by atoms with Crippen LogP contribution in [0.4, 0.5) is 18.9 Å². The minimum atomic E-state index is -5.17. The molecule has 1 aromatic rings. The second-order valence-corrected chi connectivity index (χ2v) is 11.2. The summed E-state index contributed by atoms with van der Waals surface area (Å²) in [4.78, 5) is 53.9. The van der Waals surface area contributed by atoms with Crippen LogP contribution in [0, 0.1) is 17.2 Å². The number of para-hydroxylation sites is 1. The van der Waals surface area contributed by atoms with Gasteiger partial charge in [-0.1, -0.05) is 25.0 Å². The molecule has 4 unspecified atom stereocenters. The Hall–Kier alpha value is -3.82. The zero-order valence-corrected chi connectivity index (χ0v) is 22.1. The summed E-state index contributed by atoms with van der Waals surface area (Å²) in [7, 11) is 1.29. The summed E-state index contributed by atoms with van der Waals surface area (Å²) in [5.74, 6) is -3.24. The maximum Gasteiger partial charge on any atom is 0.471 e. The predicted molar refractivity (Wildman–Crippen MR) is 134 cm³/mol. The Labute approximate surface area is 228 Å². The van der Waals surface area contributed by atoms with Gasteiger partial charge in [0, 0.05) is 13.5 Å². The van der Waals surface area contributed by atoms with Gasteiger partial charge < -0.3 is 25.2 Å². The van der Waals surface area contributed by atoms with E-state index < -0.39 is 53.5 Å².